The van der Waals surface area contributed by atoms with E-state index in [0.29, 0.717) is 41.8 Å². The minimum absolute atomic E-state index is 0.0990. The van der Waals surface area contributed by atoms with Crippen LogP contribution in [0.1, 0.15) is 45.1 Å². The number of rotatable bonds is 12. The van der Waals surface area contributed by atoms with Crippen LogP contribution in [0.3, 0.4) is 0 Å². The third kappa shape index (κ3) is 8.08. The standard InChI is InChI=1S/C24H30Cl2N2O3/c1-3-15-27-24(30)22(4-2)28(17-18-8-5-6-9-21(18)26)23(29)10-7-16-31-20-13-11-19(25)12-14-20/h5-6,8-9,11-14,22H,3-4,7,10,15-17H2,1-2H3,(H,27,30). The van der Waals surface area contributed by atoms with Gasteiger partial charge in [0.15, 0.2) is 0 Å². The average molecular weight is 465 g/mol. The zero-order valence-electron chi connectivity index (χ0n) is 18.1. The first-order chi connectivity index (χ1) is 15.0. The highest BCUT2D eigenvalue weighted by Crippen LogP contribution is 2.21. The first-order valence-corrected chi connectivity index (χ1v) is 11.4. The molecule has 0 heterocycles. The maximum atomic E-state index is 13.1. The summed E-state index contributed by atoms with van der Waals surface area (Å²) in [6.45, 7) is 5.17. The van der Waals surface area contributed by atoms with Crippen molar-refractivity contribution in [3.63, 3.8) is 0 Å². The molecule has 1 N–H and O–H groups in total. The van der Waals surface area contributed by atoms with E-state index in [1.165, 1.54) is 0 Å². The minimum atomic E-state index is -0.549. The molecule has 2 aromatic carbocycles. The van der Waals surface area contributed by atoms with E-state index in [-0.39, 0.29) is 24.8 Å². The maximum Gasteiger partial charge on any atom is 0.242 e. The Kier molecular flexibility index (Phi) is 10.7. The van der Waals surface area contributed by atoms with Crippen molar-refractivity contribution >= 4 is 35.0 Å². The number of nitrogens with zero attached hydrogens (tertiary/aromatic N) is 1. The van der Waals surface area contributed by atoms with E-state index in [4.69, 9.17) is 27.9 Å². The second-order valence-corrected chi connectivity index (χ2v) is 8.08. The van der Waals surface area contributed by atoms with Crippen LogP contribution in [0, 0.1) is 0 Å². The third-order valence-corrected chi connectivity index (χ3v) is 5.47. The number of hydrogen-bond acceptors (Lipinski definition) is 3. The van der Waals surface area contributed by atoms with Crippen LogP contribution in [0.4, 0.5) is 0 Å². The van der Waals surface area contributed by atoms with Gasteiger partial charge >= 0.3 is 0 Å². The number of amides is 2. The predicted octanol–water partition coefficient (Wildman–Crippen LogP) is 5.49. The molecule has 31 heavy (non-hydrogen) atoms. The van der Waals surface area contributed by atoms with Crippen molar-refractivity contribution in [2.24, 2.45) is 0 Å². The highest BCUT2D eigenvalue weighted by atomic mass is 35.5. The molecule has 7 heteroatoms. The molecule has 0 fully saturated rings. The maximum absolute atomic E-state index is 13.1. The van der Waals surface area contributed by atoms with Gasteiger partial charge in [-0.25, -0.2) is 0 Å². The molecule has 0 radical (unpaired) electrons. The van der Waals surface area contributed by atoms with Crippen molar-refractivity contribution < 1.29 is 14.3 Å². The first kappa shape index (κ1) is 25.0. The summed E-state index contributed by atoms with van der Waals surface area (Å²) in [7, 11) is 0. The summed E-state index contributed by atoms with van der Waals surface area (Å²) >= 11 is 12.2. The molecule has 0 saturated carbocycles. The van der Waals surface area contributed by atoms with Gasteiger partial charge in [0.2, 0.25) is 11.8 Å². The molecule has 1 unspecified atom stereocenters. The monoisotopic (exact) mass is 464 g/mol. The Morgan fingerprint density at radius 2 is 1.77 bits per heavy atom. The first-order valence-electron chi connectivity index (χ1n) is 10.6. The van der Waals surface area contributed by atoms with Crippen LogP contribution >= 0.6 is 23.2 Å². The zero-order valence-corrected chi connectivity index (χ0v) is 19.6. The second kappa shape index (κ2) is 13.2. The van der Waals surface area contributed by atoms with Crippen LogP contribution in [0.2, 0.25) is 10.0 Å². The number of carbonyl (C=O) groups excluding carboxylic acids is 2. The summed E-state index contributed by atoms with van der Waals surface area (Å²) < 4.78 is 5.69. The molecule has 2 amide bonds. The zero-order chi connectivity index (χ0) is 22.6. The Labute approximate surface area is 194 Å². The molecule has 0 aliphatic carbocycles. The topological polar surface area (TPSA) is 58.6 Å². The summed E-state index contributed by atoms with van der Waals surface area (Å²) in [5, 5.41) is 4.13. The number of halogens is 2. The lowest BCUT2D eigenvalue weighted by molar-refractivity contribution is -0.141. The van der Waals surface area contributed by atoms with Gasteiger partial charge in [-0.15, -0.1) is 0 Å². The molecule has 1 atom stereocenters. The van der Waals surface area contributed by atoms with Gasteiger partial charge in [0.25, 0.3) is 0 Å². The molecule has 0 aliphatic heterocycles. The largest absolute Gasteiger partial charge is 0.494 e. The lowest BCUT2D eigenvalue weighted by Gasteiger charge is -2.31. The fourth-order valence-corrected chi connectivity index (χ4v) is 3.50. The van der Waals surface area contributed by atoms with Crippen molar-refractivity contribution in [2.75, 3.05) is 13.2 Å². The Balaban J connectivity index is 2.04. The molecule has 0 aromatic heterocycles. The van der Waals surface area contributed by atoms with Crippen LogP contribution in [0.5, 0.6) is 5.75 Å². The van der Waals surface area contributed by atoms with Crippen molar-refractivity contribution in [1.29, 1.82) is 0 Å². The van der Waals surface area contributed by atoms with Gasteiger partial charge in [0, 0.05) is 29.6 Å². The third-order valence-electron chi connectivity index (χ3n) is 4.85. The molecule has 2 aromatic rings. The van der Waals surface area contributed by atoms with Gasteiger partial charge in [0.1, 0.15) is 11.8 Å². The number of hydrogen-bond donors (Lipinski definition) is 1. The predicted molar refractivity (Wildman–Crippen MR) is 126 cm³/mol. The van der Waals surface area contributed by atoms with Gasteiger partial charge in [-0.2, -0.15) is 0 Å². The summed E-state index contributed by atoms with van der Waals surface area (Å²) in [5.74, 6) is 0.468. The molecule has 2 rings (SSSR count). The van der Waals surface area contributed by atoms with E-state index in [9.17, 15) is 9.59 Å². The summed E-state index contributed by atoms with van der Waals surface area (Å²) in [4.78, 5) is 27.5. The number of nitrogens with one attached hydrogen (secondary N) is 1. The van der Waals surface area contributed by atoms with Crippen LogP contribution in [0.15, 0.2) is 48.5 Å². The van der Waals surface area contributed by atoms with E-state index in [0.717, 1.165) is 12.0 Å². The van der Waals surface area contributed by atoms with Crippen molar-refractivity contribution in [3.8, 4) is 5.75 Å². The Hall–Kier alpha value is -2.24. The van der Waals surface area contributed by atoms with Crippen LogP contribution in [-0.2, 0) is 16.1 Å². The molecular weight excluding hydrogens is 435 g/mol. The molecule has 5 nitrogen and oxygen atoms in total. The average Bonchev–Trinajstić information content (AvgIpc) is 2.77. The normalized spacial score (nSPS) is 11.6. The fraction of sp³-hybridized carbons (Fsp3) is 0.417. The van der Waals surface area contributed by atoms with Crippen molar-refractivity contribution in [2.45, 2.75) is 52.1 Å². The quantitative estimate of drug-likeness (QED) is 0.422. The molecule has 168 valence electrons. The van der Waals surface area contributed by atoms with Crippen LogP contribution < -0.4 is 10.1 Å². The minimum Gasteiger partial charge on any atom is -0.494 e. The Bertz CT molecular complexity index is 843. The van der Waals surface area contributed by atoms with Crippen LogP contribution in [-0.4, -0.2) is 35.9 Å². The van der Waals surface area contributed by atoms with Gasteiger partial charge in [-0.3, -0.25) is 9.59 Å². The Morgan fingerprint density at radius 3 is 2.42 bits per heavy atom. The van der Waals surface area contributed by atoms with Crippen molar-refractivity contribution in [1.82, 2.24) is 10.2 Å². The number of benzene rings is 2. The molecular formula is C24H30Cl2N2O3. The Morgan fingerprint density at radius 1 is 1.06 bits per heavy atom. The van der Waals surface area contributed by atoms with Crippen LogP contribution in [0.25, 0.3) is 0 Å². The van der Waals surface area contributed by atoms with E-state index in [1.54, 1.807) is 35.2 Å². The number of carbonyl (C=O) groups is 2. The second-order valence-electron chi connectivity index (χ2n) is 7.23. The van der Waals surface area contributed by atoms with E-state index in [1.807, 2.05) is 32.0 Å². The van der Waals surface area contributed by atoms with Gasteiger partial charge in [0.05, 0.1) is 6.61 Å². The lowest BCUT2D eigenvalue weighted by Crippen LogP contribution is -2.49. The highest BCUT2D eigenvalue weighted by molar-refractivity contribution is 6.31. The molecule has 0 saturated heterocycles. The van der Waals surface area contributed by atoms with E-state index in [2.05, 4.69) is 5.32 Å². The SMILES string of the molecule is CCCNC(=O)C(CC)N(Cc1ccccc1Cl)C(=O)CCCOc1ccc(Cl)cc1. The van der Waals surface area contributed by atoms with E-state index < -0.39 is 6.04 Å². The summed E-state index contributed by atoms with van der Waals surface area (Å²) in [6.07, 6.45) is 2.17. The summed E-state index contributed by atoms with van der Waals surface area (Å²) in [6, 6.07) is 13.9. The van der Waals surface area contributed by atoms with E-state index >= 15 is 0 Å². The van der Waals surface area contributed by atoms with Crippen molar-refractivity contribution in [3.05, 3.63) is 64.1 Å². The smallest absolute Gasteiger partial charge is 0.242 e. The molecule has 0 aliphatic rings. The van der Waals surface area contributed by atoms with Gasteiger partial charge in [-0.1, -0.05) is 55.2 Å². The van der Waals surface area contributed by atoms with Gasteiger partial charge < -0.3 is 15.0 Å². The molecule has 0 spiro atoms. The van der Waals surface area contributed by atoms with Gasteiger partial charge in [-0.05, 0) is 55.2 Å². The number of ether oxygens (including phenoxy) is 1. The molecule has 0 bridgehead atoms. The lowest BCUT2D eigenvalue weighted by atomic mass is 10.1. The fourth-order valence-electron chi connectivity index (χ4n) is 3.18. The highest BCUT2D eigenvalue weighted by Gasteiger charge is 2.28. The summed E-state index contributed by atoms with van der Waals surface area (Å²) in [5.41, 5.74) is 0.816.